The van der Waals surface area contributed by atoms with Crippen LogP contribution in [0.2, 0.25) is 0 Å². The van der Waals surface area contributed by atoms with E-state index in [1.165, 1.54) is 31.4 Å². The lowest BCUT2D eigenvalue weighted by Crippen LogP contribution is -2.26. The third-order valence-electron chi connectivity index (χ3n) is 3.87. The molecular weight excluding hydrogens is 210 g/mol. The van der Waals surface area contributed by atoms with Gasteiger partial charge < -0.3 is 9.88 Å². The third kappa shape index (κ3) is 3.09. The Hall–Kier alpha value is -0.830. The Morgan fingerprint density at radius 3 is 3.06 bits per heavy atom. The first-order chi connectivity index (χ1) is 8.12. The van der Waals surface area contributed by atoms with Gasteiger partial charge in [0, 0.05) is 18.8 Å². The van der Waals surface area contributed by atoms with Gasteiger partial charge in [0.15, 0.2) is 0 Å². The number of imidazole rings is 1. The van der Waals surface area contributed by atoms with Crippen LogP contribution in [0.25, 0.3) is 0 Å². The van der Waals surface area contributed by atoms with Crippen LogP contribution in [0.1, 0.15) is 58.2 Å². The number of nitrogens with one attached hydrogen (secondary N) is 1. The minimum Gasteiger partial charge on any atom is -0.330 e. The second-order valence-corrected chi connectivity index (χ2v) is 5.99. The van der Waals surface area contributed by atoms with Crippen molar-refractivity contribution >= 4 is 0 Å². The molecule has 0 spiro atoms. The molecule has 1 aromatic rings. The molecule has 3 nitrogen and oxygen atoms in total. The smallest absolute Gasteiger partial charge is 0.0951 e. The molecule has 0 radical (unpaired) electrons. The van der Waals surface area contributed by atoms with Gasteiger partial charge in [-0.15, -0.1) is 0 Å². The van der Waals surface area contributed by atoms with E-state index in [1.54, 1.807) is 0 Å². The molecule has 1 saturated carbocycles. The zero-order chi connectivity index (χ0) is 12.3. The first-order valence-corrected chi connectivity index (χ1v) is 6.84. The molecule has 1 aliphatic rings. The lowest BCUT2D eigenvalue weighted by atomic mass is 9.75. The molecule has 0 aromatic carbocycles. The molecule has 1 heterocycles. The summed E-state index contributed by atoms with van der Waals surface area (Å²) in [4.78, 5) is 4.32. The molecule has 0 amide bonds. The summed E-state index contributed by atoms with van der Waals surface area (Å²) in [6.45, 7) is 8.87. The topological polar surface area (TPSA) is 29.9 Å². The fourth-order valence-electron chi connectivity index (χ4n) is 2.95. The number of rotatable bonds is 4. The standard InChI is InChI=1S/C14H25N3/c1-4-15-9-13-10-16-11-17(13)12-6-5-7-14(2,3)8-12/h10-12,15H,4-9H2,1-3H3. The minimum atomic E-state index is 0.489. The molecule has 1 N–H and O–H groups in total. The summed E-state index contributed by atoms with van der Waals surface area (Å²) in [5.74, 6) is 0. The van der Waals surface area contributed by atoms with Crippen LogP contribution in [0.15, 0.2) is 12.5 Å². The Morgan fingerprint density at radius 2 is 2.35 bits per heavy atom. The fraction of sp³-hybridized carbons (Fsp3) is 0.786. The van der Waals surface area contributed by atoms with Gasteiger partial charge in [-0.05, 0) is 31.2 Å². The summed E-state index contributed by atoms with van der Waals surface area (Å²) < 4.78 is 2.39. The van der Waals surface area contributed by atoms with E-state index in [1.807, 2.05) is 12.5 Å². The van der Waals surface area contributed by atoms with Gasteiger partial charge in [0.25, 0.3) is 0 Å². The highest BCUT2D eigenvalue weighted by molar-refractivity contribution is 5.01. The van der Waals surface area contributed by atoms with Crippen LogP contribution in [-0.2, 0) is 6.54 Å². The van der Waals surface area contributed by atoms with Crippen molar-refractivity contribution in [2.75, 3.05) is 6.54 Å². The molecule has 1 fully saturated rings. The van der Waals surface area contributed by atoms with E-state index in [4.69, 9.17) is 0 Å². The summed E-state index contributed by atoms with van der Waals surface area (Å²) in [5.41, 5.74) is 1.82. The Labute approximate surface area is 105 Å². The predicted octanol–water partition coefficient (Wildman–Crippen LogP) is 3.13. The van der Waals surface area contributed by atoms with E-state index >= 15 is 0 Å². The summed E-state index contributed by atoms with van der Waals surface area (Å²) in [5, 5.41) is 3.39. The average Bonchev–Trinajstić information content (AvgIpc) is 2.73. The second-order valence-electron chi connectivity index (χ2n) is 5.99. The van der Waals surface area contributed by atoms with Gasteiger partial charge in [0.1, 0.15) is 0 Å². The molecule has 2 rings (SSSR count). The van der Waals surface area contributed by atoms with Crippen LogP contribution >= 0.6 is 0 Å². The second kappa shape index (κ2) is 5.21. The van der Waals surface area contributed by atoms with Gasteiger partial charge in [-0.1, -0.05) is 27.2 Å². The number of nitrogens with zero attached hydrogens (tertiary/aromatic N) is 2. The molecule has 1 unspecified atom stereocenters. The molecule has 17 heavy (non-hydrogen) atoms. The number of hydrogen-bond donors (Lipinski definition) is 1. The summed E-state index contributed by atoms with van der Waals surface area (Å²) in [7, 11) is 0. The molecule has 0 saturated heterocycles. The van der Waals surface area contributed by atoms with Crippen LogP contribution in [0.3, 0.4) is 0 Å². The normalized spacial score (nSPS) is 23.8. The lowest BCUT2D eigenvalue weighted by Gasteiger charge is -2.36. The molecular formula is C14H25N3. The summed E-state index contributed by atoms with van der Waals surface area (Å²) >= 11 is 0. The fourth-order valence-corrected chi connectivity index (χ4v) is 2.95. The molecule has 1 aromatic heterocycles. The van der Waals surface area contributed by atoms with E-state index < -0.39 is 0 Å². The average molecular weight is 235 g/mol. The van der Waals surface area contributed by atoms with Gasteiger partial charge in [0.2, 0.25) is 0 Å². The Bertz CT molecular complexity index is 354. The van der Waals surface area contributed by atoms with Gasteiger partial charge in [-0.2, -0.15) is 0 Å². The van der Waals surface area contributed by atoms with E-state index in [0.29, 0.717) is 11.5 Å². The zero-order valence-electron chi connectivity index (χ0n) is 11.4. The van der Waals surface area contributed by atoms with Crippen LogP contribution in [0.4, 0.5) is 0 Å². The van der Waals surface area contributed by atoms with E-state index in [0.717, 1.165) is 13.1 Å². The third-order valence-corrected chi connectivity index (χ3v) is 3.87. The number of hydrogen-bond acceptors (Lipinski definition) is 2. The summed E-state index contributed by atoms with van der Waals surface area (Å²) in [6.07, 6.45) is 9.31. The lowest BCUT2D eigenvalue weighted by molar-refractivity contribution is 0.181. The Balaban J connectivity index is 2.08. The van der Waals surface area contributed by atoms with Crippen molar-refractivity contribution in [2.24, 2.45) is 5.41 Å². The maximum atomic E-state index is 4.32. The van der Waals surface area contributed by atoms with Gasteiger partial charge >= 0.3 is 0 Å². The van der Waals surface area contributed by atoms with Gasteiger partial charge in [0.05, 0.1) is 12.0 Å². The highest BCUT2D eigenvalue weighted by Gasteiger charge is 2.29. The van der Waals surface area contributed by atoms with Crippen molar-refractivity contribution in [3.63, 3.8) is 0 Å². The quantitative estimate of drug-likeness (QED) is 0.869. The molecule has 3 heteroatoms. The van der Waals surface area contributed by atoms with Crippen molar-refractivity contribution in [1.29, 1.82) is 0 Å². The van der Waals surface area contributed by atoms with Crippen LogP contribution in [0.5, 0.6) is 0 Å². The predicted molar refractivity (Wildman–Crippen MR) is 70.9 cm³/mol. The highest BCUT2D eigenvalue weighted by atomic mass is 15.1. The molecule has 1 aliphatic carbocycles. The Morgan fingerprint density at radius 1 is 1.53 bits per heavy atom. The summed E-state index contributed by atoms with van der Waals surface area (Å²) in [6, 6.07) is 0.648. The maximum absolute atomic E-state index is 4.32. The van der Waals surface area contributed by atoms with E-state index in [2.05, 4.69) is 35.6 Å². The van der Waals surface area contributed by atoms with Crippen molar-refractivity contribution in [2.45, 2.75) is 59.0 Å². The van der Waals surface area contributed by atoms with Gasteiger partial charge in [-0.3, -0.25) is 0 Å². The first kappa shape index (κ1) is 12.6. The molecule has 1 atom stereocenters. The molecule has 0 bridgehead atoms. The number of aromatic nitrogens is 2. The first-order valence-electron chi connectivity index (χ1n) is 6.84. The Kier molecular flexibility index (Phi) is 3.87. The van der Waals surface area contributed by atoms with Crippen LogP contribution in [0, 0.1) is 5.41 Å². The highest BCUT2D eigenvalue weighted by Crippen LogP contribution is 2.41. The monoisotopic (exact) mass is 235 g/mol. The molecule has 96 valence electrons. The SMILES string of the molecule is CCNCc1cncn1C1CCCC(C)(C)C1. The van der Waals surface area contributed by atoms with Crippen molar-refractivity contribution in [3.05, 3.63) is 18.2 Å². The van der Waals surface area contributed by atoms with Crippen LogP contribution in [-0.4, -0.2) is 16.1 Å². The van der Waals surface area contributed by atoms with E-state index in [-0.39, 0.29) is 0 Å². The van der Waals surface area contributed by atoms with Crippen molar-refractivity contribution in [1.82, 2.24) is 14.9 Å². The van der Waals surface area contributed by atoms with E-state index in [9.17, 15) is 0 Å². The van der Waals surface area contributed by atoms with Crippen molar-refractivity contribution < 1.29 is 0 Å². The minimum absolute atomic E-state index is 0.489. The largest absolute Gasteiger partial charge is 0.330 e. The van der Waals surface area contributed by atoms with Crippen LogP contribution < -0.4 is 5.32 Å². The van der Waals surface area contributed by atoms with Gasteiger partial charge in [-0.25, -0.2) is 4.98 Å². The van der Waals surface area contributed by atoms with Crippen molar-refractivity contribution in [3.8, 4) is 0 Å². The zero-order valence-corrected chi connectivity index (χ0v) is 11.4. The maximum Gasteiger partial charge on any atom is 0.0951 e. The molecule has 0 aliphatic heterocycles.